The molecule has 20 heavy (non-hydrogen) atoms. The van der Waals surface area contributed by atoms with Crippen molar-refractivity contribution in [3.63, 3.8) is 0 Å². The molecule has 108 valence electrons. The molecule has 0 unspecified atom stereocenters. The van der Waals surface area contributed by atoms with Crippen LogP contribution in [0.3, 0.4) is 0 Å². The van der Waals surface area contributed by atoms with E-state index in [1.165, 1.54) is 6.07 Å². The van der Waals surface area contributed by atoms with E-state index in [4.69, 9.17) is 4.74 Å². The minimum atomic E-state index is -0.382. The van der Waals surface area contributed by atoms with E-state index < -0.39 is 0 Å². The summed E-state index contributed by atoms with van der Waals surface area (Å²) in [7, 11) is 0. The van der Waals surface area contributed by atoms with Crippen LogP contribution in [0.4, 0.5) is 4.39 Å². The van der Waals surface area contributed by atoms with Crippen LogP contribution in [0.5, 0.6) is 0 Å². The van der Waals surface area contributed by atoms with Gasteiger partial charge >= 0.3 is 5.97 Å². The van der Waals surface area contributed by atoms with E-state index in [9.17, 15) is 14.0 Å². The molecule has 1 saturated carbocycles. The van der Waals surface area contributed by atoms with Gasteiger partial charge in [0.25, 0.3) is 5.91 Å². The highest BCUT2D eigenvalue weighted by molar-refractivity contribution is 5.82. The fourth-order valence-electron chi connectivity index (χ4n) is 1.89. The molecule has 0 bridgehead atoms. The summed E-state index contributed by atoms with van der Waals surface area (Å²) in [5.74, 6) is -0.678. The fraction of sp³-hybridized carbons (Fsp3) is 0.467. The third-order valence-corrected chi connectivity index (χ3v) is 3.48. The van der Waals surface area contributed by atoms with Gasteiger partial charge in [-0.15, -0.1) is 0 Å². The van der Waals surface area contributed by atoms with Crippen molar-refractivity contribution in [3.8, 4) is 0 Å². The second-order valence-electron chi connectivity index (χ2n) is 5.29. The molecule has 2 atom stereocenters. The lowest BCUT2D eigenvalue weighted by molar-refractivity contribution is -0.150. The van der Waals surface area contributed by atoms with Gasteiger partial charge in [-0.2, -0.15) is 0 Å². The van der Waals surface area contributed by atoms with Crippen LogP contribution in [0.25, 0.3) is 0 Å². The van der Waals surface area contributed by atoms with Crippen LogP contribution in [0, 0.1) is 24.6 Å². The highest BCUT2D eigenvalue weighted by atomic mass is 19.1. The SMILES string of the molecule is Cc1ccc(CNC(=O)COC(=O)[C@H]2C[C@@H]2C)cc1F. The van der Waals surface area contributed by atoms with Gasteiger partial charge in [0.1, 0.15) is 5.82 Å². The molecular formula is C15H18FNO3. The summed E-state index contributed by atoms with van der Waals surface area (Å²) < 4.78 is 18.2. The first kappa shape index (κ1) is 14.5. The summed E-state index contributed by atoms with van der Waals surface area (Å²) in [6.45, 7) is 3.58. The van der Waals surface area contributed by atoms with Crippen LogP contribution in [0.2, 0.25) is 0 Å². The molecule has 0 saturated heterocycles. The molecule has 1 amide bonds. The monoisotopic (exact) mass is 279 g/mol. The van der Waals surface area contributed by atoms with Gasteiger partial charge in [0.15, 0.2) is 6.61 Å². The average molecular weight is 279 g/mol. The Morgan fingerprint density at radius 3 is 2.75 bits per heavy atom. The van der Waals surface area contributed by atoms with Gasteiger partial charge in [-0.1, -0.05) is 19.1 Å². The lowest BCUT2D eigenvalue weighted by Crippen LogP contribution is -2.28. The molecule has 5 heteroatoms. The van der Waals surface area contributed by atoms with E-state index in [1.54, 1.807) is 19.1 Å². The summed E-state index contributed by atoms with van der Waals surface area (Å²) >= 11 is 0. The zero-order valence-electron chi connectivity index (χ0n) is 11.6. The van der Waals surface area contributed by atoms with Crippen LogP contribution in [-0.4, -0.2) is 18.5 Å². The van der Waals surface area contributed by atoms with Crippen LogP contribution in [-0.2, 0) is 20.9 Å². The van der Waals surface area contributed by atoms with Crippen molar-refractivity contribution < 1.29 is 18.7 Å². The smallest absolute Gasteiger partial charge is 0.309 e. The maximum atomic E-state index is 13.3. The maximum absolute atomic E-state index is 13.3. The largest absolute Gasteiger partial charge is 0.455 e. The fourth-order valence-corrected chi connectivity index (χ4v) is 1.89. The van der Waals surface area contributed by atoms with E-state index in [1.807, 2.05) is 6.92 Å². The third kappa shape index (κ3) is 3.79. The van der Waals surface area contributed by atoms with Crippen LogP contribution >= 0.6 is 0 Å². The van der Waals surface area contributed by atoms with Crippen molar-refractivity contribution in [1.29, 1.82) is 0 Å². The Hall–Kier alpha value is -1.91. The van der Waals surface area contributed by atoms with Gasteiger partial charge in [0.2, 0.25) is 0 Å². The Morgan fingerprint density at radius 1 is 1.45 bits per heavy atom. The highest BCUT2D eigenvalue weighted by Gasteiger charge is 2.40. The van der Waals surface area contributed by atoms with Crippen LogP contribution < -0.4 is 5.32 Å². The van der Waals surface area contributed by atoms with Crippen molar-refractivity contribution in [2.75, 3.05) is 6.61 Å². The van der Waals surface area contributed by atoms with Gasteiger partial charge in [-0.05, 0) is 36.5 Å². The molecule has 0 aliphatic heterocycles. The topological polar surface area (TPSA) is 55.4 Å². The summed E-state index contributed by atoms with van der Waals surface area (Å²) in [5, 5.41) is 2.59. The molecule has 0 aromatic heterocycles. The third-order valence-electron chi connectivity index (χ3n) is 3.48. The van der Waals surface area contributed by atoms with Gasteiger partial charge < -0.3 is 10.1 Å². The number of carbonyl (C=O) groups excluding carboxylic acids is 2. The van der Waals surface area contributed by atoms with Crippen molar-refractivity contribution in [1.82, 2.24) is 5.32 Å². The molecule has 1 fully saturated rings. The predicted octanol–water partition coefficient (Wildman–Crippen LogP) is 1.95. The van der Waals surface area contributed by atoms with E-state index in [-0.39, 0.29) is 36.8 Å². The van der Waals surface area contributed by atoms with E-state index in [0.717, 1.165) is 6.42 Å². The number of esters is 1. The van der Waals surface area contributed by atoms with Crippen molar-refractivity contribution in [3.05, 3.63) is 35.1 Å². The number of nitrogens with one attached hydrogen (secondary N) is 1. The van der Waals surface area contributed by atoms with Gasteiger partial charge in [0, 0.05) is 6.54 Å². The quantitative estimate of drug-likeness (QED) is 0.838. The molecule has 0 heterocycles. The number of halogens is 1. The minimum Gasteiger partial charge on any atom is -0.455 e. The molecular weight excluding hydrogens is 261 g/mol. The molecule has 1 aliphatic carbocycles. The Balaban J connectivity index is 1.72. The number of carbonyl (C=O) groups is 2. The van der Waals surface area contributed by atoms with E-state index in [0.29, 0.717) is 17.0 Å². The average Bonchev–Trinajstić information content (AvgIpc) is 3.14. The first-order valence-corrected chi connectivity index (χ1v) is 6.65. The minimum absolute atomic E-state index is 0.0472. The predicted molar refractivity (Wildman–Crippen MR) is 71.2 cm³/mol. The Kier molecular flexibility index (Phi) is 4.37. The Bertz CT molecular complexity index is 530. The second-order valence-corrected chi connectivity index (χ2v) is 5.29. The second kappa shape index (κ2) is 6.03. The molecule has 0 radical (unpaired) electrons. The van der Waals surface area contributed by atoms with Crippen LogP contribution in [0.15, 0.2) is 18.2 Å². The zero-order chi connectivity index (χ0) is 14.7. The first-order valence-electron chi connectivity index (χ1n) is 6.65. The van der Waals surface area contributed by atoms with Gasteiger partial charge in [-0.25, -0.2) is 4.39 Å². The molecule has 0 spiro atoms. The zero-order valence-corrected chi connectivity index (χ0v) is 11.6. The van der Waals surface area contributed by atoms with E-state index >= 15 is 0 Å². The molecule has 1 aliphatic rings. The molecule has 1 N–H and O–H groups in total. The highest BCUT2D eigenvalue weighted by Crippen LogP contribution is 2.38. The number of benzene rings is 1. The summed E-state index contributed by atoms with van der Waals surface area (Å²) in [4.78, 5) is 22.9. The van der Waals surface area contributed by atoms with Gasteiger partial charge in [-0.3, -0.25) is 9.59 Å². The van der Waals surface area contributed by atoms with Crippen molar-refractivity contribution in [2.45, 2.75) is 26.8 Å². The summed E-state index contributed by atoms with van der Waals surface area (Å²) in [5.41, 5.74) is 1.23. The number of amides is 1. The number of ether oxygens (including phenoxy) is 1. The normalized spacial score (nSPS) is 20.4. The molecule has 1 aromatic carbocycles. The standard InChI is InChI=1S/C15H18FNO3/c1-9-3-4-11(6-13(9)16)7-17-14(18)8-20-15(19)12-5-10(12)2/h3-4,6,10,12H,5,7-8H2,1-2H3,(H,17,18)/t10-,12-/m0/s1. The number of aryl methyl sites for hydroxylation is 1. The Morgan fingerprint density at radius 2 is 2.15 bits per heavy atom. The lowest BCUT2D eigenvalue weighted by atomic mass is 10.1. The van der Waals surface area contributed by atoms with Crippen LogP contribution in [0.1, 0.15) is 24.5 Å². The molecule has 2 rings (SSSR count). The Labute approximate surface area is 117 Å². The van der Waals surface area contributed by atoms with E-state index in [2.05, 4.69) is 5.32 Å². The lowest BCUT2D eigenvalue weighted by Gasteiger charge is -2.07. The number of hydrogen-bond donors (Lipinski definition) is 1. The summed E-state index contributed by atoms with van der Waals surface area (Å²) in [6.07, 6.45) is 0.836. The summed E-state index contributed by atoms with van der Waals surface area (Å²) in [6, 6.07) is 4.79. The first-order chi connectivity index (χ1) is 9.47. The molecule has 1 aromatic rings. The number of hydrogen-bond acceptors (Lipinski definition) is 3. The maximum Gasteiger partial charge on any atom is 0.309 e. The number of rotatable bonds is 5. The van der Waals surface area contributed by atoms with Gasteiger partial charge in [0.05, 0.1) is 5.92 Å². The van der Waals surface area contributed by atoms with Crippen molar-refractivity contribution in [2.24, 2.45) is 11.8 Å². The van der Waals surface area contributed by atoms with Crippen molar-refractivity contribution >= 4 is 11.9 Å². The molecule has 4 nitrogen and oxygen atoms in total.